The maximum Gasteiger partial charge on any atom is 0.167 e. The van der Waals surface area contributed by atoms with Crippen molar-refractivity contribution in [2.45, 2.75) is 44.9 Å². The van der Waals surface area contributed by atoms with Gasteiger partial charge in [0.25, 0.3) is 0 Å². The summed E-state index contributed by atoms with van der Waals surface area (Å²) >= 11 is 3.47. The van der Waals surface area contributed by atoms with Gasteiger partial charge in [-0.25, -0.2) is 0 Å². The van der Waals surface area contributed by atoms with Gasteiger partial charge in [0.1, 0.15) is 11.5 Å². The van der Waals surface area contributed by atoms with E-state index in [-0.39, 0.29) is 5.78 Å². The topological polar surface area (TPSA) is 35.5 Å². The fraction of sp³-hybridized carbons (Fsp3) is 0.588. The molecule has 0 amide bonds. The molecule has 4 heteroatoms. The normalized spacial score (nSPS) is 15.8. The first-order valence-corrected chi connectivity index (χ1v) is 8.39. The summed E-state index contributed by atoms with van der Waals surface area (Å²) in [4.78, 5) is 12.5. The molecule has 0 atom stereocenters. The van der Waals surface area contributed by atoms with Crippen LogP contribution in [0.5, 0.6) is 11.5 Å². The number of carbonyl (C=O) groups is 1. The fourth-order valence-corrected chi connectivity index (χ4v) is 3.69. The third-order valence-corrected chi connectivity index (χ3v) is 4.89. The molecular weight excluding hydrogens is 332 g/mol. The van der Waals surface area contributed by atoms with E-state index in [1.54, 1.807) is 20.3 Å². The largest absolute Gasteiger partial charge is 0.497 e. The van der Waals surface area contributed by atoms with Gasteiger partial charge in [-0.2, -0.15) is 0 Å². The van der Waals surface area contributed by atoms with Gasteiger partial charge in [0.15, 0.2) is 5.78 Å². The van der Waals surface area contributed by atoms with Crippen LogP contribution >= 0.6 is 15.9 Å². The minimum absolute atomic E-state index is 0.145. The summed E-state index contributed by atoms with van der Waals surface area (Å²) in [6.45, 7) is 0. The molecule has 1 aromatic carbocycles. The molecule has 1 aromatic rings. The Bertz CT molecular complexity index is 493. The van der Waals surface area contributed by atoms with Crippen LogP contribution in [0.3, 0.4) is 0 Å². The summed E-state index contributed by atoms with van der Waals surface area (Å²) in [6, 6.07) is 3.58. The average molecular weight is 355 g/mol. The summed E-state index contributed by atoms with van der Waals surface area (Å²) < 4.78 is 11.3. The number of ether oxygens (including phenoxy) is 2. The van der Waals surface area contributed by atoms with E-state index in [9.17, 15) is 4.79 Å². The molecule has 0 saturated heterocycles. The van der Waals surface area contributed by atoms with Crippen LogP contribution in [-0.2, 0) is 0 Å². The molecule has 116 valence electrons. The number of hydrogen-bond donors (Lipinski definition) is 0. The van der Waals surface area contributed by atoms with Gasteiger partial charge in [-0.1, -0.05) is 32.1 Å². The van der Waals surface area contributed by atoms with Crippen LogP contribution in [0.2, 0.25) is 0 Å². The van der Waals surface area contributed by atoms with E-state index in [1.165, 1.54) is 32.1 Å². The molecule has 0 unspecified atom stereocenters. The highest BCUT2D eigenvalue weighted by molar-refractivity contribution is 9.10. The van der Waals surface area contributed by atoms with Gasteiger partial charge in [0.2, 0.25) is 0 Å². The van der Waals surface area contributed by atoms with Gasteiger partial charge < -0.3 is 9.47 Å². The predicted octanol–water partition coefficient (Wildman–Crippen LogP) is 5.01. The number of rotatable bonds is 6. The second-order valence-electron chi connectivity index (χ2n) is 5.65. The average Bonchev–Trinajstić information content (AvgIpc) is 2.52. The van der Waals surface area contributed by atoms with Crippen LogP contribution in [0.1, 0.15) is 55.3 Å². The van der Waals surface area contributed by atoms with E-state index >= 15 is 0 Å². The number of halogens is 1. The first-order chi connectivity index (χ1) is 10.2. The Morgan fingerprint density at radius 1 is 1.19 bits per heavy atom. The predicted molar refractivity (Wildman–Crippen MR) is 87.4 cm³/mol. The minimum Gasteiger partial charge on any atom is -0.497 e. The Kier molecular flexibility index (Phi) is 6.09. The van der Waals surface area contributed by atoms with E-state index in [2.05, 4.69) is 15.9 Å². The van der Waals surface area contributed by atoms with Crippen molar-refractivity contribution in [1.82, 2.24) is 0 Å². The molecule has 3 nitrogen and oxygen atoms in total. The molecule has 0 radical (unpaired) electrons. The zero-order chi connectivity index (χ0) is 15.2. The number of benzene rings is 1. The summed E-state index contributed by atoms with van der Waals surface area (Å²) in [7, 11) is 3.19. The molecule has 1 saturated carbocycles. The monoisotopic (exact) mass is 354 g/mol. The second-order valence-corrected chi connectivity index (χ2v) is 6.51. The molecule has 0 aliphatic heterocycles. The van der Waals surface area contributed by atoms with Crippen molar-refractivity contribution in [2.24, 2.45) is 5.92 Å². The zero-order valence-corrected chi connectivity index (χ0v) is 14.4. The lowest BCUT2D eigenvalue weighted by atomic mass is 9.85. The maximum absolute atomic E-state index is 12.5. The summed E-state index contributed by atoms with van der Waals surface area (Å²) in [5.41, 5.74) is 0.633. The molecule has 0 N–H and O–H groups in total. The lowest BCUT2D eigenvalue weighted by Gasteiger charge is -2.21. The van der Waals surface area contributed by atoms with Crippen molar-refractivity contribution in [1.29, 1.82) is 0 Å². The van der Waals surface area contributed by atoms with E-state index in [0.717, 1.165) is 10.9 Å². The van der Waals surface area contributed by atoms with Crippen LogP contribution in [0.15, 0.2) is 16.6 Å². The van der Waals surface area contributed by atoms with Crippen LogP contribution in [0.25, 0.3) is 0 Å². The van der Waals surface area contributed by atoms with Crippen molar-refractivity contribution in [3.63, 3.8) is 0 Å². The maximum atomic E-state index is 12.5. The van der Waals surface area contributed by atoms with Crippen molar-refractivity contribution in [2.75, 3.05) is 14.2 Å². The highest BCUT2D eigenvalue weighted by atomic mass is 79.9. The Balaban J connectivity index is 2.07. The molecule has 0 heterocycles. The molecule has 0 spiro atoms. The van der Waals surface area contributed by atoms with Crippen molar-refractivity contribution < 1.29 is 14.3 Å². The number of hydrogen-bond acceptors (Lipinski definition) is 3. The summed E-state index contributed by atoms with van der Waals surface area (Å²) in [5, 5.41) is 0. The number of methoxy groups -OCH3 is 2. The Morgan fingerprint density at radius 3 is 2.52 bits per heavy atom. The highest BCUT2D eigenvalue weighted by Gasteiger charge is 2.20. The van der Waals surface area contributed by atoms with Gasteiger partial charge in [-0.05, 0) is 34.3 Å². The Morgan fingerprint density at radius 2 is 1.90 bits per heavy atom. The van der Waals surface area contributed by atoms with Crippen LogP contribution < -0.4 is 9.47 Å². The van der Waals surface area contributed by atoms with E-state index < -0.39 is 0 Å². The molecule has 2 rings (SSSR count). The molecular formula is C17H23BrO3. The Hall–Kier alpha value is -1.03. The molecule has 1 aliphatic carbocycles. The van der Waals surface area contributed by atoms with Gasteiger partial charge in [0.05, 0.1) is 19.8 Å². The van der Waals surface area contributed by atoms with Crippen LogP contribution in [0.4, 0.5) is 0 Å². The van der Waals surface area contributed by atoms with Crippen LogP contribution in [0, 0.1) is 5.92 Å². The van der Waals surface area contributed by atoms with Gasteiger partial charge in [-0.3, -0.25) is 4.79 Å². The van der Waals surface area contributed by atoms with Crippen molar-refractivity contribution in [3.8, 4) is 11.5 Å². The van der Waals surface area contributed by atoms with Crippen LogP contribution in [-0.4, -0.2) is 20.0 Å². The Labute approximate surface area is 135 Å². The zero-order valence-electron chi connectivity index (χ0n) is 12.8. The molecule has 21 heavy (non-hydrogen) atoms. The first-order valence-electron chi connectivity index (χ1n) is 7.60. The smallest absolute Gasteiger partial charge is 0.167 e. The molecule has 1 aliphatic rings. The quantitative estimate of drug-likeness (QED) is 0.673. The van der Waals surface area contributed by atoms with E-state index in [4.69, 9.17) is 9.47 Å². The molecule has 0 aromatic heterocycles. The number of Topliss-reactive ketones (excluding diaryl/α,β-unsaturated/α-hetero) is 1. The molecule has 0 bridgehead atoms. The minimum atomic E-state index is 0.145. The van der Waals surface area contributed by atoms with Gasteiger partial charge in [0, 0.05) is 17.0 Å². The number of ketones is 1. The van der Waals surface area contributed by atoms with Gasteiger partial charge in [-0.15, -0.1) is 0 Å². The lowest BCUT2D eigenvalue weighted by molar-refractivity contribution is 0.0966. The fourth-order valence-electron chi connectivity index (χ4n) is 3.04. The van der Waals surface area contributed by atoms with Crippen molar-refractivity contribution in [3.05, 3.63) is 22.2 Å². The summed E-state index contributed by atoms with van der Waals surface area (Å²) in [5.74, 6) is 2.12. The van der Waals surface area contributed by atoms with Gasteiger partial charge >= 0.3 is 0 Å². The third kappa shape index (κ3) is 4.22. The third-order valence-electron chi connectivity index (χ3n) is 4.27. The number of carbonyl (C=O) groups excluding carboxylic acids is 1. The van der Waals surface area contributed by atoms with Crippen molar-refractivity contribution >= 4 is 21.7 Å². The second kappa shape index (κ2) is 7.83. The highest BCUT2D eigenvalue weighted by Crippen LogP contribution is 2.34. The first kappa shape index (κ1) is 16.3. The summed E-state index contributed by atoms with van der Waals surface area (Å²) in [6.07, 6.45) is 8.10. The van der Waals surface area contributed by atoms with E-state index in [0.29, 0.717) is 29.4 Å². The van der Waals surface area contributed by atoms with E-state index in [1.807, 2.05) is 6.07 Å². The lowest BCUT2D eigenvalue weighted by Crippen LogP contribution is -2.10. The SMILES string of the molecule is COc1cc(Br)c(C(=O)CCC2CCCCC2)c(OC)c1. The molecule has 1 fully saturated rings. The standard InChI is InChI=1S/C17H23BrO3/c1-20-13-10-14(18)17(16(11-13)21-2)15(19)9-8-12-6-4-3-5-7-12/h10-12H,3-9H2,1-2H3.